The summed E-state index contributed by atoms with van der Waals surface area (Å²) < 4.78 is 10.9. The first kappa shape index (κ1) is 17.4. The third-order valence-electron chi connectivity index (χ3n) is 4.68. The molecule has 1 atom stereocenters. The maximum atomic E-state index is 6.14. The molecule has 0 amide bonds. The summed E-state index contributed by atoms with van der Waals surface area (Å²) >= 11 is 12.2. The summed E-state index contributed by atoms with van der Waals surface area (Å²) in [5.41, 5.74) is 3.78. The van der Waals surface area contributed by atoms with Crippen LogP contribution in [0, 0.1) is 0 Å². The molecule has 3 rings (SSSR count). The monoisotopic (exact) mass is 365 g/mol. The molecular weight excluding hydrogens is 345 g/mol. The third-order valence-corrected chi connectivity index (χ3v) is 5.42. The van der Waals surface area contributed by atoms with Crippen molar-refractivity contribution in [3.8, 4) is 11.5 Å². The molecule has 0 N–H and O–H groups in total. The summed E-state index contributed by atoms with van der Waals surface area (Å²) in [6.45, 7) is 4.05. The van der Waals surface area contributed by atoms with E-state index in [1.54, 1.807) is 14.2 Å². The second-order valence-electron chi connectivity index (χ2n) is 6.05. The Hall–Kier alpha value is -1.42. The number of fused-ring (bicyclic) bond motifs is 1. The van der Waals surface area contributed by atoms with E-state index in [1.807, 2.05) is 18.2 Å². The molecule has 1 unspecified atom stereocenters. The highest BCUT2D eigenvalue weighted by Crippen LogP contribution is 2.38. The Bertz CT molecular complexity index is 748. The standard InChI is InChI=1S/C19H21Cl2NO2/c1-12-15-10-19(24-3)18(23-2)9-14(15)6-7-22(12)11-13-4-5-16(20)17(21)8-13/h4-5,8-10,12H,6-7,11H2,1-3H3. The van der Waals surface area contributed by atoms with Crippen molar-refractivity contribution in [1.82, 2.24) is 4.90 Å². The highest BCUT2D eigenvalue weighted by Gasteiger charge is 2.26. The van der Waals surface area contributed by atoms with Gasteiger partial charge in [0.05, 0.1) is 24.3 Å². The maximum absolute atomic E-state index is 6.14. The van der Waals surface area contributed by atoms with Crippen molar-refractivity contribution >= 4 is 23.2 Å². The van der Waals surface area contributed by atoms with Crippen molar-refractivity contribution in [2.45, 2.75) is 25.9 Å². The van der Waals surface area contributed by atoms with Crippen molar-refractivity contribution in [3.05, 3.63) is 57.1 Å². The zero-order valence-corrected chi connectivity index (χ0v) is 15.6. The van der Waals surface area contributed by atoms with Gasteiger partial charge in [0.15, 0.2) is 11.5 Å². The molecule has 0 aromatic heterocycles. The van der Waals surface area contributed by atoms with Crippen LogP contribution in [0.3, 0.4) is 0 Å². The largest absolute Gasteiger partial charge is 0.493 e. The molecule has 128 valence electrons. The molecule has 0 bridgehead atoms. The van der Waals surface area contributed by atoms with Crippen LogP contribution in [-0.2, 0) is 13.0 Å². The van der Waals surface area contributed by atoms with Gasteiger partial charge < -0.3 is 9.47 Å². The Kier molecular flexibility index (Phi) is 5.24. The van der Waals surface area contributed by atoms with Gasteiger partial charge in [-0.05, 0) is 54.3 Å². The van der Waals surface area contributed by atoms with Crippen molar-refractivity contribution < 1.29 is 9.47 Å². The van der Waals surface area contributed by atoms with E-state index in [2.05, 4.69) is 24.0 Å². The van der Waals surface area contributed by atoms with Crippen LogP contribution >= 0.6 is 23.2 Å². The van der Waals surface area contributed by atoms with E-state index in [4.69, 9.17) is 32.7 Å². The lowest BCUT2D eigenvalue weighted by molar-refractivity contribution is 0.189. The van der Waals surface area contributed by atoms with Gasteiger partial charge in [0.1, 0.15) is 0 Å². The average molecular weight is 366 g/mol. The first-order valence-electron chi connectivity index (χ1n) is 7.96. The predicted molar refractivity (Wildman–Crippen MR) is 98.5 cm³/mol. The van der Waals surface area contributed by atoms with Crippen molar-refractivity contribution in [2.24, 2.45) is 0 Å². The molecule has 0 saturated carbocycles. The highest BCUT2D eigenvalue weighted by atomic mass is 35.5. The van der Waals surface area contributed by atoms with E-state index in [0.717, 1.165) is 31.0 Å². The lowest BCUT2D eigenvalue weighted by atomic mass is 9.92. The molecule has 2 aromatic carbocycles. The minimum absolute atomic E-state index is 0.294. The molecule has 0 spiro atoms. The molecule has 0 radical (unpaired) electrons. The molecule has 24 heavy (non-hydrogen) atoms. The fourth-order valence-corrected chi connectivity index (χ4v) is 3.61. The predicted octanol–water partition coefficient (Wildman–Crippen LogP) is 5.13. The van der Waals surface area contributed by atoms with Gasteiger partial charge >= 0.3 is 0 Å². The Balaban J connectivity index is 1.85. The number of nitrogens with zero attached hydrogens (tertiary/aromatic N) is 1. The van der Waals surface area contributed by atoms with Crippen LogP contribution in [0.1, 0.15) is 29.7 Å². The summed E-state index contributed by atoms with van der Waals surface area (Å²) in [6.07, 6.45) is 0.987. The first-order chi connectivity index (χ1) is 11.5. The van der Waals surface area contributed by atoms with Crippen LogP contribution in [-0.4, -0.2) is 25.7 Å². The molecule has 1 heterocycles. The molecule has 5 heteroatoms. The Morgan fingerprint density at radius 2 is 1.75 bits per heavy atom. The van der Waals surface area contributed by atoms with Crippen LogP contribution in [0.4, 0.5) is 0 Å². The van der Waals surface area contributed by atoms with Crippen molar-refractivity contribution in [3.63, 3.8) is 0 Å². The van der Waals surface area contributed by atoms with Gasteiger partial charge in [-0.1, -0.05) is 29.3 Å². The number of hydrogen-bond acceptors (Lipinski definition) is 3. The normalized spacial score (nSPS) is 17.5. The zero-order valence-electron chi connectivity index (χ0n) is 14.1. The summed E-state index contributed by atoms with van der Waals surface area (Å²) in [5.74, 6) is 1.57. The fraction of sp³-hybridized carbons (Fsp3) is 0.368. The maximum Gasteiger partial charge on any atom is 0.161 e. The van der Waals surface area contributed by atoms with Crippen LogP contribution in [0.15, 0.2) is 30.3 Å². The van der Waals surface area contributed by atoms with Gasteiger partial charge in [-0.25, -0.2) is 0 Å². The number of rotatable bonds is 4. The van der Waals surface area contributed by atoms with E-state index in [9.17, 15) is 0 Å². The fourth-order valence-electron chi connectivity index (χ4n) is 3.29. The Morgan fingerprint density at radius 1 is 1.04 bits per heavy atom. The zero-order chi connectivity index (χ0) is 17.3. The second kappa shape index (κ2) is 7.22. The number of hydrogen-bond donors (Lipinski definition) is 0. The van der Waals surface area contributed by atoms with Gasteiger partial charge in [0, 0.05) is 19.1 Å². The molecule has 0 aliphatic carbocycles. The third kappa shape index (κ3) is 3.34. The molecular formula is C19H21Cl2NO2. The number of halogens is 2. The molecule has 1 aliphatic heterocycles. The molecule has 1 aliphatic rings. The molecule has 3 nitrogen and oxygen atoms in total. The summed E-state index contributed by atoms with van der Waals surface area (Å²) in [6, 6.07) is 10.3. The van der Waals surface area contributed by atoms with Gasteiger partial charge in [-0.2, -0.15) is 0 Å². The Morgan fingerprint density at radius 3 is 2.42 bits per heavy atom. The minimum Gasteiger partial charge on any atom is -0.493 e. The Labute approximate surface area is 153 Å². The van der Waals surface area contributed by atoms with E-state index in [0.29, 0.717) is 16.1 Å². The van der Waals surface area contributed by atoms with E-state index in [1.165, 1.54) is 16.7 Å². The molecule has 0 fully saturated rings. The quantitative estimate of drug-likeness (QED) is 0.749. The van der Waals surface area contributed by atoms with Gasteiger partial charge in [-0.3, -0.25) is 4.90 Å². The second-order valence-corrected chi connectivity index (χ2v) is 6.87. The summed E-state index contributed by atoms with van der Waals surface area (Å²) in [5, 5.41) is 1.19. The highest BCUT2D eigenvalue weighted by molar-refractivity contribution is 6.42. The molecule has 2 aromatic rings. The van der Waals surface area contributed by atoms with Crippen LogP contribution in [0.25, 0.3) is 0 Å². The number of ether oxygens (including phenoxy) is 2. The number of benzene rings is 2. The molecule has 0 saturated heterocycles. The van der Waals surface area contributed by atoms with Crippen molar-refractivity contribution in [1.29, 1.82) is 0 Å². The van der Waals surface area contributed by atoms with Crippen LogP contribution < -0.4 is 9.47 Å². The smallest absolute Gasteiger partial charge is 0.161 e. The topological polar surface area (TPSA) is 21.7 Å². The van der Waals surface area contributed by atoms with Crippen LogP contribution in [0.2, 0.25) is 10.0 Å². The lowest BCUT2D eigenvalue weighted by Gasteiger charge is -2.35. The minimum atomic E-state index is 0.294. The van der Waals surface area contributed by atoms with E-state index < -0.39 is 0 Å². The van der Waals surface area contributed by atoms with Crippen LogP contribution in [0.5, 0.6) is 11.5 Å². The van der Waals surface area contributed by atoms with Crippen molar-refractivity contribution in [2.75, 3.05) is 20.8 Å². The van der Waals surface area contributed by atoms with Gasteiger partial charge in [-0.15, -0.1) is 0 Å². The number of methoxy groups -OCH3 is 2. The van der Waals surface area contributed by atoms with E-state index >= 15 is 0 Å². The average Bonchev–Trinajstić information content (AvgIpc) is 2.59. The van der Waals surface area contributed by atoms with Gasteiger partial charge in [0.25, 0.3) is 0 Å². The van der Waals surface area contributed by atoms with Gasteiger partial charge in [0.2, 0.25) is 0 Å². The summed E-state index contributed by atoms with van der Waals surface area (Å²) in [4.78, 5) is 2.44. The summed E-state index contributed by atoms with van der Waals surface area (Å²) in [7, 11) is 3.35. The SMILES string of the molecule is COc1cc2c(cc1OC)C(C)N(Cc1ccc(Cl)c(Cl)c1)CC2. The first-order valence-corrected chi connectivity index (χ1v) is 8.72. The lowest BCUT2D eigenvalue weighted by Crippen LogP contribution is -2.33. The van der Waals surface area contributed by atoms with E-state index in [-0.39, 0.29) is 0 Å².